The van der Waals surface area contributed by atoms with E-state index in [0.717, 1.165) is 23.8 Å². The lowest BCUT2D eigenvalue weighted by Gasteiger charge is -2.25. The number of hydrogen-bond donors (Lipinski definition) is 1. The van der Waals surface area contributed by atoms with Gasteiger partial charge in [-0.2, -0.15) is 0 Å². The summed E-state index contributed by atoms with van der Waals surface area (Å²) in [6.45, 7) is 7.65. The lowest BCUT2D eigenvalue weighted by Crippen LogP contribution is -2.37. The summed E-state index contributed by atoms with van der Waals surface area (Å²) in [5.41, 5.74) is 2.16. The standard InChI is InChI=1S/C16H25ClN2O3S/c1-6-13(4)18-15(20)7-8-19(23(5,21)22)16-12(3)9-11(2)10-14(16)17/h9-10,13H,6-8H2,1-5H3,(H,18,20). The van der Waals surface area contributed by atoms with Crippen molar-refractivity contribution in [2.45, 2.75) is 46.6 Å². The number of halogens is 1. The van der Waals surface area contributed by atoms with Gasteiger partial charge < -0.3 is 5.32 Å². The van der Waals surface area contributed by atoms with Crippen LogP contribution in [0.2, 0.25) is 5.02 Å². The van der Waals surface area contributed by atoms with Crippen molar-refractivity contribution < 1.29 is 13.2 Å². The molecule has 0 saturated heterocycles. The molecule has 0 aliphatic heterocycles. The molecule has 7 heteroatoms. The second kappa shape index (κ2) is 8.02. The molecule has 0 aromatic heterocycles. The summed E-state index contributed by atoms with van der Waals surface area (Å²) in [6, 6.07) is 3.67. The van der Waals surface area contributed by atoms with E-state index in [1.54, 1.807) is 6.07 Å². The van der Waals surface area contributed by atoms with Gasteiger partial charge in [-0.15, -0.1) is 0 Å². The van der Waals surface area contributed by atoms with E-state index in [1.807, 2.05) is 33.8 Å². The van der Waals surface area contributed by atoms with Gasteiger partial charge in [0.2, 0.25) is 15.9 Å². The summed E-state index contributed by atoms with van der Waals surface area (Å²) in [7, 11) is -3.54. The molecule has 1 atom stereocenters. The highest BCUT2D eigenvalue weighted by Gasteiger charge is 2.23. The van der Waals surface area contributed by atoms with Gasteiger partial charge >= 0.3 is 0 Å². The average molecular weight is 361 g/mol. The van der Waals surface area contributed by atoms with Crippen molar-refractivity contribution >= 4 is 33.2 Å². The lowest BCUT2D eigenvalue weighted by atomic mass is 10.1. The molecule has 1 unspecified atom stereocenters. The molecule has 5 nitrogen and oxygen atoms in total. The molecule has 0 heterocycles. The number of anilines is 1. The number of carbonyl (C=O) groups excluding carboxylic acids is 1. The fourth-order valence-corrected chi connectivity index (χ4v) is 3.79. The maximum atomic E-state index is 12.1. The van der Waals surface area contributed by atoms with Crippen molar-refractivity contribution in [3.05, 3.63) is 28.3 Å². The summed E-state index contributed by atoms with van der Waals surface area (Å²) in [6.07, 6.45) is 2.03. The summed E-state index contributed by atoms with van der Waals surface area (Å²) in [5, 5.41) is 3.20. The van der Waals surface area contributed by atoms with Crippen LogP contribution < -0.4 is 9.62 Å². The Morgan fingerprint density at radius 3 is 2.43 bits per heavy atom. The topological polar surface area (TPSA) is 66.5 Å². The Kier molecular flexibility index (Phi) is 6.89. The molecule has 1 rings (SSSR count). The molecule has 1 N–H and O–H groups in total. The van der Waals surface area contributed by atoms with Gasteiger partial charge in [0.05, 0.1) is 17.0 Å². The second-order valence-corrected chi connectivity index (χ2v) is 8.19. The van der Waals surface area contributed by atoms with E-state index in [9.17, 15) is 13.2 Å². The third-order valence-electron chi connectivity index (χ3n) is 3.61. The Labute approximate surface area is 144 Å². The van der Waals surface area contributed by atoms with Crippen molar-refractivity contribution in [1.82, 2.24) is 5.32 Å². The van der Waals surface area contributed by atoms with E-state index in [-0.39, 0.29) is 24.9 Å². The molecule has 0 radical (unpaired) electrons. The fourth-order valence-electron chi connectivity index (χ4n) is 2.32. The van der Waals surface area contributed by atoms with Crippen LogP contribution in [-0.2, 0) is 14.8 Å². The summed E-state index contributed by atoms with van der Waals surface area (Å²) < 4.78 is 25.5. The number of sulfonamides is 1. The van der Waals surface area contributed by atoms with Gasteiger partial charge in [-0.25, -0.2) is 8.42 Å². The van der Waals surface area contributed by atoms with Crippen LogP contribution in [0.3, 0.4) is 0 Å². The first-order chi connectivity index (χ1) is 10.6. The maximum absolute atomic E-state index is 12.1. The van der Waals surface area contributed by atoms with Crippen LogP contribution in [0.1, 0.15) is 37.8 Å². The SMILES string of the molecule is CCC(C)NC(=O)CCN(c1c(C)cc(C)cc1Cl)S(C)(=O)=O. The smallest absolute Gasteiger partial charge is 0.232 e. The highest BCUT2D eigenvalue weighted by Crippen LogP contribution is 2.32. The first-order valence-corrected chi connectivity index (χ1v) is 9.82. The van der Waals surface area contributed by atoms with E-state index in [1.165, 1.54) is 4.31 Å². The molecular weight excluding hydrogens is 336 g/mol. The van der Waals surface area contributed by atoms with Crippen molar-refractivity contribution in [3.8, 4) is 0 Å². The molecule has 1 amide bonds. The van der Waals surface area contributed by atoms with Crippen LogP contribution in [0.4, 0.5) is 5.69 Å². The van der Waals surface area contributed by atoms with Gasteiger partial charge in [-0.1, -0.05) is 24.6 Å². The van der Waals surface area contributed by atoms with Gasteiger partial charge in [0.1, 0.15) is 0 Å². The van der Waals surface area contributed by atoms with E-state index >= 15 is 0 Å². The van der Waals surface area contributed by atoms with Crippen molar-refractivity contribution in [1.29, 1.82) is 0 Å². The number of aryl methyl sites for hydroxylation is 2. The molecule has 0 aliphatic rings. The average Bonchev–Trinajstić information content (AvgIpc) is 2.39. The normalized spacial score (nSPS) is 12.8. The van der Waals surface area contributed by atoms with Crippen LogP contribution >= 0.6 is 11.6 Å². The van der Waals surface area contributed by atoms with Gasteiger partial charge in [-0.3, -0.25) is 9.10 Å². The molecule has 0 bridgehead atoms. The fraction of sp³-hybridized carbons (Fsp3) is 0.562. The second-order valence-electron chi connectivity index (χ2n) is 5.87. The molecule has 0 saturated carbocycles. The molecule has 0 fully saturated rings. The number of hydrogen-bond acceptors (Lipinski definition) is 3. The van der Waals surface area contributed by atoms with Crippen LogP contribution in [0.5, 0.6) is 0 Å². The minimum atomic E-state index is -3.54. The van der Waals surface area contributed by atoms with Crippen molar-refractivity contribution in [3.63, 3.8) is 0 Å². The van der Waals surface area contributed by atoms with Crippen LogP contribution in [0.25, 0.3) is 0 Å². The van der Waals surface area contributed by atoms with E-state index in [2.05, 4.69) is 5.32 Å². The third-order valence-corrected chi connectivity index (χ3v) is 5.06. The first-order valence-electron chi connectivity index (χ1n) is 7.60. The number of nitrogens with one attached hydrogen (secondary N) is 1. The Morgan fingerprint density at radius 1 is 1.35 bits per heavy atom. The van der Waals surface area contributed by atoms with E-state index in [4.69, 9.17) is 11.6 Å². The molecule has 1 aromatic rings. The first kappa shape index (κ1) is 19.8. The molecule has 23 heavy (non-hydrogen) atoms. The van der Waals surface area contributed by atoms with E-state index < -0.39 is 10.0 Å². The summed E-state index contributed by atoms with van der Waals surface area (Å²) in [4.78, 5) is 11.9. The van der Waals surface area contributed by atoms with Crippen LogP contribution in [0.15, 0.2) is 12.1 Å². The minimum Gasteiger partial charge on any atom is -0.354 e. The maximum Gasteiger partial charge on any atom is 0.232 e. The predicted octanol–water partition coefficient (Wildman–Crippen LogP) is 3.03. The van der Waals surface area contributed by atoms with Gasteiger partial charge in [0.15, 0.2) is 0 Å². The molecule has 0 spiro atoms. The highest BCUT2D eigenvalue weighted by molar-refractivity contribution is 7.92. The lowest BCUT2D eigenvalue weighted by molar-refractivity contribution is -0.121. The van der Waals surface area contributed by atoms with Crippen LogP contribution in [0, 0.1) is 13.8 Å². The molecule has 0 aliphatic carbocycles. The number of benzene rings is 1. The Hall–Kier alpha value is -1.27. The van der Waals surface area contributed by atoms with Gasteiger partial charge in [0, 0.05) is 19.0 Å². The summed E-state index contributed by atoms with van der Waals surface area (Å²) in [5.74, 6) is -0.172. The number of rotatable bonds is 7. The van der Waals surface area contributed by atoms with E-state index in [0.29, 0.717) is 10.7 Å². The summed E-state index contributed by atoms with van der Waals surface area (Å²) >= 11 is 6.25. The van der Waals surface area contributed by atoms with Gasteiger partial charge in [0.25, 0.3) is 0 Å². The van der Waals surface area contributed by atoms with Crippen molar-refractivity contribution in [2.24, 2.45) is 0 Å². The number of carbonyl (C=O) groups is 1. The quantitative estimate of drug-likeness (QED) is 0.812. The zero-order valence-corrected chi connectivity index (χ0v) is 15.9. The Bertz CT molecular complexity index is 651. The molecular formula is C16H25ClN2O3S. The zero-order chi connectivity index (χ0) is 17.8. The monoisotopic (exact) mass is 360 g/mol. The molecule has 130 valence electrons. The zero-order valence-electron chi connectivity index (χ0n) is 14.3. The predicted molar refractivity (Wildman–Crippen MR) is 95.6 cm³/mol. The Morgan fingerprint density at radius 2 is 1.96 bits per heavy atom. The van der Waals surface area contributed by atoms with Gasteiger partial charge in [-0.05, 0) is 44.4 Å². The third kappa shape index (κ3) is 5.70. The molecule has 1 aromatic carbocycles. The Balaban J connectivity index is 3.03. The van der Waals surface area contributed by atoms with Crippen molar-refractivity contribution in [2.75, 3.05) is 17.1 Å². The number of nitrogens with zero attached hydrogens (tertiary/aromatic N) is 1. The van der Waals surface area contributed by atoms with Crippen LogP contribution in [-0.4, -0.2) is 33.2 Å². The number of amides is 1. The largest absolute Gasteiger partial charge is 0.354 e. The highest BCUT2D eigenvalue weighted by atomic mass is 35.5. The minimum absolute atomic E-state index is 0.0602.